The van der Waals surface area contributed by atoms with Gasteiger partial charge in [0.25, 0.3) is 5.91 Å². The molecule has 30 heavy (non-hydrogen) atoms. The van der Waals surface area contributed by atoms with E-state index in [0.717, 1.165) is 17.0 Å². The van der Waals surface area contributed by atoms with Gasteiger partial charge in [0.05, 0.1) is 10.6 Å². The van der Waals surface area contributed by atoms with Crippen molar-refractivity contribution in [1.82, 2.24) is 9.88 Å². The fraction of sp³-hybridized carbons (Fsp3) is 0.167. The van der Waals surface area contributed by atoms with Gasteiger partial charge in [-0.2, -0.15) is 0 Å². The largest absolute Gasteiger partial charge is 0.317 e. The lowest BCUT2D eigenvalue weighted by Gasteiger charge is -2.15. The summed E-state index contributed by atoms with van der Waals surface area (Å²) in [5.41, 5.74) is 6.90. The van der Waals surface area contributed by atoms with Crippen LogP contribution in [0.2, 0.25) is 0 Å². The molecule has 152 valence electrons. The molecule has 0 saturated carbocycles. The van der Waals surface area contributed by atoms with E-state index in [4.69, 9.17) is 0 Å². The van der Waals surface area contributed by atoms with Crippen LogP contribution in [0, 0.1) is 33.5 Å². The topological polar surface area (TPSA) is 46.4 Å². The van der Waals surface area contributed by atoms with Gasteiger partial charge in [0.2, 0.25) is 0 Å². The fourth-order valence-electron chi connectivity index (χ4n) is 3.71. The van der Waals surface area contributed by atoms with Crippen molar-refractivity contribution >= 4 is 34.6 Å². The van der Waals surface area contributed by atoms with Crippen molar-refractivity contribution in [2.45, 2.75) is 27.7 Å². The molecule has 3 aromatic rings. The van der Waals surface area contributed by atoms with Gasteiger partial charge in [-0.05, 0) is 80.4 Å². The molecule has 0 bridgehead atoms. The summed E-state index contributed by atoms with van der Waals surface area (Å²) in [6.45, 7) is 8.32. The third kappa shape index (κ3) is 3.71. The third-order valence-electron chi connectivity index (χ3n) is 5.15. The molecule has 0 aliphatic carbocycles. The van der Waals surface area contributed by atoms with Gasteiger partial charge in [-0.3, -0.25) is 4.79 Å². The molecule has 1 saturated heterocycles. The number of nitrogens with zero attached hydrogens (tertiary/aromatic N) is 2. The summed E-state index contributed by atoms with van der Waals surface area (Å²) >= 11 is 1.22. The Morgan fingerprint density at radius 2 is 1.73 bits per heavy atom. The van der Waals surface area contributed by atoms with Crippen molar-refractivity contribution in [3.8, 4) is 5.69 Å². The van der Waals surface area contributed by atoms with Crippen molar-refractivity contribution < 1.29 is 9.18 Å². The highest BCUT2D eigenvalue weighted by molar-refractivity contribution is 8.18. The van der Waals surface area contributed by atoms with Crippen LogP contribution >= 0.6 is 11.8 Å². The lowest BCUT2D eigenvalue weighted by atomic mass is 10.1. The number of hydrogen-bond donors (Lipinski definition) is 1. The Labute approximate surface area is 179 Å². The summed E-state index contributed by atoms with van der Waals surface area (Å²) in [6.07, 6.45) is 1.87. The molecular formula is C24H22FN3OS. The number of aliphatic imine (C=N–C) groups is 1. The van der Waals surface area contributed by atoms with Crippen LogP contribution in [0.15, 0.2) is 58.4 Å². The van der Waals surface area contributed by atoms with Gasteiger partial charge in [-0.15, -0.1) is 0 Å². The van der Waals surface area contributed by atoms with Crippen LogP contribution in [0.1, 0.15) is 28.1 Å². The molecule has 0 atom stereocenters. The maximum atomic E-state index is 13.9. The van der Waals surface area contributed by atoms with Crippen LogP contribution < -0.4 is 5.32 Å². The van der Waals surface area contributed by atoms with Gasteiger partial charge in [-0.1, -0.05) is 30.3 Å². The molecule has 1 amide bonds. The molecule has 0 radical (unpaired) electrons. The number of aryl methyl sites for hydroxylation is 3. The Morgan fingerprint density at radius 3 is 2.43 bits per heavy atom. The van der Waals surface area contributed by atoms with Crippen molar-refractivity contribution in [3.05, 3.63) is 87.3 Å². The minimum absolute atomic E-state index is 0.203. The zero-order valence-corrected chi connectivity index (χ0v) is 18.1. The maximum absolute atomic E-state index is 13.9. The number of para-hydroxylation sites is 2. The first-order valence-corrected chi connectivity index (χ1v) is 10.5. The number of aromatic nitrogens is 1. The van der Waals surface area contributed by atoms with Gasteiger partial charge in [0.15, 0.2) is 5.17 Å². The number of halogens is 1. The number of thioether (sulfide) groups is 1. The van der Waals surface area contributed by atoms with Crippen molar-refractivity contribution in [3.63, 3.8) is 0 Å². The number of amides is 1. The molecule has 4 rings (SSSR count). The number of nitrogens with one attached hydrogen (secondary N) is 1. The van der Waals surface area contributed by atoms with E-state index in [1.54, 1.807) is 18.2 Å². The number of rotatable bonds is 3. The highest BCUT2D eigenvalue weighted by Crippen LogP contribution is 2.32. The predicted molar refractivity (Wildman–Crippen MR) is 122 cm³/mol. The van der Waals surface area contributed by atoms with E-state index < -0.39 is 5.82 Å². The lowest BCUT2D eigenvalue weighted by Crippen LogP contribution is -2.19. The second kappa shape index (κ2) is 7.95. The quantitative estimate of drug-likeness (QED) is 0.550. The number of hydrogen-bond acceptors (Lipinski definition) is 3. The SMILES string of the molecule is Cc1cccc(C)c1-n1c(C)cc(/C=C2\SC(=Nc3ccccc3F)NC2=O)c1C. The number of amidine groups is 1. The summed E-state index contributed by atoms with van der Waals surface area (Å²) in [5, 5.41) is 3.10. The average molecular weight is 420 g/mol. The monoisotopic (exact) mass is 419 g/mol. The van der Waals surface area contributed by atoms with Crippen LogP contribution in [-0.2, 0) is 4.79 Å². The summed E-state index contributed by atoms with van der Waals surface area (Å²) in [4.78, 5) is 17.2. The minimum Gasteiger partial charge on any atom is -0.317 e. The van der Waals surface area contributed by atoms with Crippen LogP contribution in [0.3, 0.4) is 0 Å². The van der Waals surface area contributed by atoms with E-state index in [2.05, 4.69) is 66.8 Å². The summed E-state index contributed by atoms with van der Waals surface area (Å²) in [7, 11) is 0. The number of carbonyl (C=O) groups is 1. The predicted octanol–water partition coefficient (Wildman–Crippen LogP) is 5.74. The summed E-state index contributed by atoms with van der Waals surface area (Å²) < 4.78 is 16.1. The Balaban J connectivity index is 1.70. The van der Waals surface area contributed by atoms with E-state index in [1.165, 1.54) is 34.6 Å². The molecule has 1 N–H and O–H groups in total. The van der Waals surface area contributed by atoms with Gasteiger partial charge in [-0.25, -0.2) is 9.38 Å². The van der Waals surface area contributed by atoms with Crippen molar-refractivity contribution in [2.24, 2.45) is 4.99 Å². The van der Waals surface area contributed by atoms with Crippen molar-refractivity contribution in [1.29, 1.82) is 0 Å². The van der Waals surface area contributed by atoms with E-state index in [-0.39, 0.29) is 11.6 Å². The van der Waals surface area contributed by atoms with E-state index in [1.807, 2.05) is 6.08 Å². The van der Waals surface area contributed by atoms with E-state index in [9.17, 15) is 9.18 Å². The fourth-order valence-corrected chi connectivity index (χ4v) is 4.54. The molecule has 1 fully saturated rings. The molecule has 1 aliphatic rings. The molecule has 2 heterocycles. The van der Waals surface area contributed by atoms with Crippen molar-refractivity contribution in [2.75, 3.05) is 0 Å². The Hall–Kier alpha value is -3.12. The second-order valence-electron chi connectivity index (χ2n) is 7.34. The first-order valence-electron chi connectivity index (χ1n) is 9.65. The van der Waals surface area contributed by atoms with E-state index >= 15 is 0 Å². The van der Waals surface area contributed by atoms with Gasteiger partial charge in [0, 0.05) is 11.4 Å². The zero-order chi connectivity index (χ0) is 21.4. The first kappa shape index (κ1) is 20.2. The highest BCUT2D eigenvalue weighted by Gasteiger charge is 2.25. The second-order valence-corrected chi connectivity index (χ2v) is 8.37. The molecule has 6 heteroatoms. The average Bonchev–Trinajstić information content (AvgIpc) is 3.17. The summed E-state index contributed by atoms with van der Waals surface area (Å²) in [6, 6.07) is 14.6. The lowest BCUT2D eigenvalue weighted by molar-refractivity contribution is -0.115. The summed E-state index contributed by atoms with van der Waals surface area (Å²) in [5.74, 6) is -0.651. The molecule has 2 aromatic carbocycles. The van der Waals surface area contributed by atoms with Gasteiger partial charge < -0.3 is 9.88 Å². The van der Waals surface area contributed by atoms with Gasteiger partial charge in [0.1, 0.15) is 11.5 Å². The number of benzene rings is 2. The molecule has 0 unspecified atom stereocenters. The first-order chi connectivity index (χ1) is 14.3. The number of carbonyl (C=O) groups excluding carboxylic acids is 1. The highest BCUT2D eigenvalue weighted by atomic mass is 32.2. The zero-order valence-electron chi connectivity index (χ0n) is 17.3. The Morgan fingerprint density at radius 1 is 1.03 bits per heavy atom. The van der Waals surface area contributed by atoms with Crippen LogP contribution in [0.4, 0.5) is 10.1 Å². The maximum Gasteiger partial charge on any atom is 0.264 e. The standard InChI is InChI=1S/C24H22FN3OS/c1-14-8-7-9-15(2)22(14)28-16(3)12-18(17(28)4)13-21-23(29)27-24(30-21)26-20-11-6-5-10-19(20)25/h5-13H,1-4H3,(H,26,27,29)/b21-13-. The molecular weight excluding hydrogens is 397 g/mol. The minimum atomic E-state index is -0.422. The Kier molecular flexibility index (Phi) is 5.35. The van der Waals surface area contributed by atoms with Crippen LogP contribution in [0.25, 0.3) is 11.8 Å². The van der Waals surface area contributed by atoms with Crippen LogP contribution in [0.5, 0.6) is 0 Å². The normalized spacial score (nSPS) is 16.5. The van der Waals surface area contributed by atoms with Crippen LogP contribution in [-0.4, -0.2) is 15.6 Å². The molecule has 1 aliphatic heterocycles. The third-order valence-corrected chi connectivity index (χ3v) is 6.06. The Bertz CT molecular complexity index is 1200. The molecule has 0 spiro atoms. The van der Waals surface area contributed by atoms with Gasteiger partial charge >= 0.3 is 0 Å². The smallest absolute Gasteiger partial charge is 0.264 e. The van der Waals surface area contributed by atoms with E-state index in [0.29, 0.717) is 10.1 Å². The molecule has 1 aromatic heterocycles. The molecule has 4 nitrogen and oxygen atoms in total.